The lowest BCUT2D eigenvalue weighted by molar-refractivity contribution is 0.0988. The Morgan fingerprint density at radius 3 is 2.17 bits per heavy atom. The standard InChI is InChI=1S/C18H19NO4/c1-21-14-4-5-17-12(8-14)6-7-19(17)18(20)13-9-15(22-2)11-16(10-13)23-3/h4-5,8-11H,6-7H2,1-3H3. The summed E-state index contributed by atoms with van der Waals surface area (Å²) < 4.78 is 15.7. The molecule has 2 aromatic rings. The molecule has 1 heterocycles. The maximum Gasteiger partial charge on any atom is 0.258 e. The molecule has 5 heteroatoms. The topological polar surface area (TPSA) is 48.0 Å². The first kappa shape index (κ1) is 15.2. The Labute approximate surface area is 135 Å². The molecule has 1 aliphatic rings. The molecule has 0 unspecified atom stereocenters. The number of hydrogen-bond donors (Lipinski definition) is 0. The summed E-state index contributed by atoms with van der Waals surface area (Å²) in [5.74, 6) is 1.94. The van der Waals surface area contributed by atoms with Crippen LogP contribution in [0.25, 0.3) is 0 Å². The third kappa shape index (κ3) is 2.82. The monoisotopic (exact) mass is 313 g/mol. The van der Waals surface area contributed by atoms with Gasteiger partial charge in [-0.05, 0) is 42.3 Å². The number of rotatable bonds is 4. The minimum Gasteiger partial charge on any atom is -0.497 e. The van der Waals surface area contributed by atoms with E-state index in [1.807, 2.05) is 18.2 Å². The number of carbonyl (C=O) groups is 1. The third-order valence-corrected chi connectivity index (χ3v) is 4.03. The zero-order valence-corrected chi connectivity index (χ0v) is 13.5. The van der Waals surface area contributed by atoms with Gasteiger partial charge < -0.3 is 19.1 Å². The molecule has 1 amide bonds. The van der Waals surface area contributed by atoms with Crippen molar-refractivity contribution >= 4 is 11.6 Å². The van der Waals surface area contributed by atoms with Gasteiger partial charge in [-0.25, -0.2) is 0 Å². The SMILES string of the molecule is COc1cc(OC)cc(C(=O)N2CCc3cc(OC)ccc32)c1. The maximum absolute atomic E-state index is 12.9. The third-order valence-electron chi connectivity index (χ3n) is 4.03. The van der Waals surface area contributed by atoms with Crippen molar-refractivity contribution in [3.05, 3.63) is 47.5 Å². The van der Waals surface area contributed by atoms with E-state index in [1.54, 1.807) is 44.4 Å². The fraction of sp³-hybridized carbons (Fsp3) is 0.278. The number of ether oxygens (including phenoxy) is 3. The predicted molar refractivity (Wildman–Crippen MR) is 87.9 cm³/mol. The van der Waals surface area contributed by atoms with Crippen LogP contribution in [0.5, 0.6) is 17.2 Å². The summed E-state index contributed by atoms with van der Waals surface area (Å²) in [6.07, 6.45) is 0.819. The molecule has 0 fully saturated rings. The highest BCUT2D eigenvalue weighted by molar-refractivity contribution is 6.07. The summed E-state index contributed by atoms with van der Waals surface area (Å²) in [6, 6.07) is 11.0. The molecule has 0 bridgehead atoms. The number of methoxy groups -OCH3 is 3. The molecule has 0 saturated heterocycles. The first-order valence-corrected chi connectivity index (χ1v) is 7.38. The predicted octanol–water partition coefficient (Wildman–Crippen LogP) is 2.92. The minimum atomic E-state index is -0.0638. The molecule has 0 aliphatic carbocycles. The number of fused-ring (bicyclic) bond motifs is 1. The molecular weight excluding hydrogens is 294 g/mol. The second kappa shape index (κ2) is 6.20. The summed E-state index contributed by atoms with van der Waals surface area (Å²) in [7, 11) is 4.78. The van der Waals surface area contributed by atoms with Crippen molar-refractivity contribution in [1.29, 1.82) is 0 Å². The van der Waals surface area contributed by atoms with Crippen molar-refractivity contribution in [3.63, 3.8) is 0 Å². The van der Waals surface area contributed by atoms with E-state index in [9.17, 15) is 4.79 Å². The molecule has 0 N–H and O–H groups in total. The second-order valence-corrected chi connectivity index (χ2v) is 5.30. The second-order valence-electron chi connectivity index (χ2n) is 5.30. The summed E-state index contributed by atoms with van der Waals surface area (Å²) in [6.45, 7) is 0.654. The first-order chi connectivity index (χ1) is 11.2. The van der Waals surface area contributed by atoms with Crippen LogP contribution in [-0.2, 0) is 6.42 Å². The van der Waals surface area contributed by atoms with Crippen molar-refractivity contribution in [3.8, 4) is 17.2 Å². The minimum absolute atomic E-state index is 0.0638. The fourth-order valence-corrected chi connectivity index (χ4v) is 2.80. The Morgan fingerprint density at radius 2 is 1.57 bits per heavy atom. The lowest BCUT2D eigenvalue weighted by Gasteiger charge is -2.18. The Hall–Kier alpha value is -2.69. The van der Waals surface area contributed by atoms with Crippen molar-refractivity contribution < 1.29 is 19.0 Å². The van der Waals surface area contributed by atoms with Crippen molar-refractivity contribution in [2.45, 2.75) is 6.42 Å². The van der Waals surface area contributed by atoms with E-state index in [0.29, 0.717) is 23.6 Å². The molecule has 0 saturated carbocycles. The van der Waals surface area contributed by atoms with Gasteiger partial charge in [-0.2, -0.15) is 0 Å². The van der Waals surface area contributed by atoms with Crippen molar-refractivity contribution in [1.82, 2.24) is 0 Å². The Morgan fingerprint density at radius 1 is 0.913 bits per heavy atom. The van der Waals surface area contributed by atoms with Gasteiger partial charge in [0.25, 0.3) is 5.91 Å². The number of amides is 1. The molecule has 120 valence electrons. The molecule has 23 heavy (non-hydrogen) atoms. The fourth-order valence-electron chi connectivity index (χ4n) is 2.80. The molecule has 2 aromatic carbocycles. The van der Waals surface area contributed by atoms with Gasteiger partial charge in [-0.15, -0.1) is 0 Å². The molecule has 0 radical (unpaired) electrons. The van der Waals surface area contributed by atoms with Gasteiger partial charge in [0, 0.05) is 23.9 Å². The first-order valence-electron chi connectivity index (χ1n) is 7.38. The largest absolute Gasteiger partial charge is 0.497 e. The van der Waals surface area contributed by atoms with Gasteiger partial charge in [0.05, 0.1) is 21.3 Å². The molecule has 3 rings (SSSR count). The summed E-state index contributed by atoms with van der Waals surface area (Å²) in [4.78, 5) is 14.7. The Kier molecular flexibility index (Phi) is 4.10. The van der Waals surface area contributed by atoms with Crippen LogP contribution in [0.2, 0.25) is 0 Å². The van der Waals surface area contributed by atoms with Gasteiger partial charge in [-0.1, -0.05) is 0 Å². The lowest BCUT2D eigenvalue weighted by Crippen LogP contribution is -2.28. The highest BCUT2D eigenvalue weighted by Gasteiger charge is 2.26. The van der Waals surface area contributed by atoms with E-state index < -0.39 is 0 Å². The zero-order chi connectivity index (χ0) is 16.4. The molecular formula is C18H19NO4. The van der Waals surface area contributed by atoms with Gasteiger partial charge in [-0.3, -0.25) is 4.79 Å². The van der Waals surface area contributed by atoms with Gasteiger partial charge in [0.2, 0.25) is 0 Å². The Bertz CT molecular complexity index is 720. The quantitative estimate of drug-likeness (QED) is 0.871. The number of benzene rings is 2. The number of nitrogens with zero attached hydrogens (tertiary/aromatic N) is 1. The van der Waals surface area contributed by atoms with E-state index >= 15 is 0 Å². The highest BCUT2D eigenvalue weighted by atomic mass is 16.5. The van der Waals surface area contributed by atoms with E-state index in [-0.39, 0.29) is 5.91 Å². The summed E-state index contributed by atoms with van der Waals surface area (Å²) in [5, 5.41) is 0. The van der Waals surface area contributed by atoms with Crippen LogP contribution in [0.15, 0.2) is 36.4 Å². The van der Waals surface area contributed by atoms with Crippen LogP contribution in [0.3, 0.4) is 0 Å². The van der Waals surface area contributed by atoms with Gasteiger partial charge in [0.15, 0.2) is 0 Å². The smallest absolute Gasteiger partial charge is 0.258 e. The van der Waals surface area contributed by atoms with E-state index in [0.717, 1.165) is 23.4 Å². The average Bonchev–Trinajstić information content (AvgIpc) is 3.03. The molecule has 0 atom stereocenters. The number of carbonyl (C=O) groups excluding carboxylic acids is 1. The van der Waals surface area contributed by atoms with Gasteiger partial charge >= 0.3 is 0 Å². The molecule has 0 aromatic heterocycles. The van der Waals surface area contributed by atoms with Gasteiger partial charge in [0.1, 0.15) is 17.2 Å². The Balaban J connectivity index is 1.94. The van der Waals surface area contributed by atoms with Crippen LogP contribution < -0.4 is 19.1 Å². The normalized spacial score (nSPS) is 12.7. The van der Waals surface area contributed by atoms with Crippen molar-refractivity contribution in [2.24, 2.45) is 0 Å². The van der Waals surface area contributed by atoms with E-state index in [2.05, 4.69) is 0 Å². The van der Waals surface area contributed by atoms with Crippen LogP contribution >= 0.6 is 0 Å². The van der Waals surface area contributed by atoms with Crippen LogP contribution in [0.4, 0.5) is 5.69 Å². The van der Waals surface area contributed by atoms with E-state index in [1.165, 1.54) is 0 Å². The zero-order valence-electron chi connectivity index (χ0n) is 13.5. The number of hydrogen-bond acceptors (Lipinski definition) is 4. The molecule has 0 spiro atoms. The van der Waals surface area contributed by atoms with Crippen LogP contribution in [-0.4, -0.2) is 33.8 Å². The summed E-state index contributed by atoms with van der Waals surface area (Å²) in [5.41, 5.74) is 2.59. The average molecular weight is 313 g/mol. The van der Waals surface area contributed by atoms with Crippen LogP contribution in [0.1, 0.15) is 15.9 Å². The van der Waals surface area contributed by atoms with E-state index in [4.69, 9.17) is 14.2 Å². The number of anilines is 1. The summed E-state index contributed by atoms with van der Waals surface area (Å²) >= 11 is 0. The lowest BCUT2D eigenvalue weighted by atomic mass is 10.1. The molecule has 5 nitrogen and oxygen atoms in total. The molecule has 1 aliphatic heterocycles. The highest BCUT2D eigenvalue weighted by Crippen LogP contribution is 2.33. The maximum atomic E-state index is 12.9. The van der Waals surface area contributed by atoms with Crippen LogP contribution in [0, 0.1) is 0 Å². The van der Waals surface area contributed by atoms with Crippen molar-refractivity contribution in [2.75, 3.05) is 32.8 Å².